The van der Waals surface area contributed by atoms with E-state index in [-0.39, 0.29) is 5.91 Å². The van der Waals surface area contributed by atoms with Gasteiger partial charge in [0.05, 0.1) is 30.5 Å². The predicted molar refractivity (Wildman–Crippen MR) is 135 cm³/mol. The molecular weight excluding hydrogens is 442 g/mol. The summed E-state index contributed by atoms with van der Waals surface area (Å²) in [5.41, 5.74) is 11.5. The number of aryl methyl sites for hydroxylation is 3. The van der Waals surface area contributed by atoms with Crippen molar-refractivity contribution >= 4 is 11.9 Å². The number of aromatic amines is 1. The Hall–Kier alpha value is -3.88. The first-order chi connectivity index (χ1) is 17.1. The van der Waals surface area contributed by atoms with Gasteiger partial charge in [0.15, 0.2) is 5.95 Å². The number of aromatic nitrogens is 5. The molecule has 0 unspecified atom stereocenters. The number of nitrogen functional groups attached to an aromatic ring is 1. The summed E-state index contributed by atoms with van der Waals surface area (Å²) in [6, 6.07) is 9.74. The average Bonchev–Trinajstić information content (AvgIpc) is 3.62. The highest BCUT2D eigenvalue weighted by Crippen LogP contribution is 2.24. The predicted octanol–water partition coefficient (Wildman–Crippen LogP) is 4.18. The van der Waals surface area contributed by atoms with Gasteiger partial charge >= 0.3 is 0 Å². The number of nitrogens with zero attached hydrogens (tertiary/aromatic N) is 4. The molecule has 0 bridgehead atoms. The number of anilines is 1. The monoisotopic (exact) mass is 475 g/mol. The number of rotatable bonds is 13. The molecule has 0 radical (unpaired) electrons. The van der Waals surface area contributed by atoms with Gasteiger partial charge in [0.2, 0.25) is 0 Å². The number of carbonyl (C=O) groups excluding carboxylic acids is 1. The van der Waals surface area contributed by atoms with Crippen molar-refractivity contribution in [3.8, 4) is 11.3 Å². The number of hydrogen-bond donors (Lipinski definition) is 3. The SMILES string of the molecule is CCCCc1ccc(C(=O)NCCn2cc(CCCCc3[nH]c(N)nc3-c3ccoc3)nn2)cc1. The Morgan fingerprint density at radius 2 is 1.94 bits per heavy atom. The summed E-state index contributed by atoms with van der Waals surface area (Å²) in [5.74, 6) is 0.344. The van der Waals surface area contributed by atoms with E-state index in [0.29, 0.717) is 24.6 Å². The van der Waals surface area contributed by atoms with E-state index < -0.39 is 0 Å². The minimum atomic E-state index is -0.0680. The average molecular weight is 476 g/mol. The van der Waals surface area contributed by atoms with Crippen molar-refractivity contribution in [2.24, 2.45) is 0 Å². The third-order valence-corrected chi connectivity index (χ3v) is 5.95. The molecule has 3 aromatic heterocycles. The first-order valence-corrected chi connectivity index (χ1v) is 12.3. The van der Waals surface area contributed by atoms with Crippen LogP contribution in [0, 0.1) is 0 Å². The van der Waals surface area contributed by atoms with Crippen molar-refractivity contribution in [3.63, 3.8) is 0 Å². The van der Waals surface area contributed by atoms with Gasteiger partial charge in [-0.2, -0.15) is 0 Å². The lowest BCUT2D eigenvalue weighted by atomic mass is 10.1. The maximum Gasteiger partial charge on any atom is 0.251 e. The zero-order chi connectivity index (χ0) is 24.5. The van der Waals surface area contributed by atoms with E-state index in [9.17, 15) is 4.79 Å². The number of carbonyl (C=O) groups is 1. The topological polar surface area (TPSA) is 128 Å². The van der Waals surface area contributed by atoms with Gasteiger partial charge in [0.1, 0.15) is 0 Å². The lowest BCUT2D eigenvalue weighted by Crippen LogP contribution is -2.27. The molecule has 4 aromatic rings. The summed E-state index contributed by atoms with van der Waals surface area (Å²) in [6.07, 6.45) is 12.2. The van der Waals surface area contributed by atoms with Crippen LogP contribution in [0.25, 0.3) is 11.3 Å². The highest BCUT2D eigenvalue weighted by molar-refractivity contribution is 5.94. The van der Waals surface area contributed by atoms with Crippen LogP contribution in [0.5, 0.6) is 0 Å². The smallest absolute Gasteiger partial charge is 0.251 e. The Bertz CT molecular complexity index is 1190. The number of nitrogens with two attached hydrogens (primary N) is 1. The quantitative estimate of drug-likeness (QED) is 0.249. The fourth-order valence-corrected chi connectivity index (χ4v) is 4.01. The molecule has 0 fully saturated rings. The molecule has 1 amide bonds. The fraction of sp³-hybridized carbons (Fsp3) is 0.385. The third-order valence-electron chi connectivity index (χ3n) is 5.95. The van der Waals surface area contributed by atoms with Crippen LogP contribution in [-0.2, 0) is 25.8 Å². The number of benzene rings is 1. The number of hydrogen-bond acceptors (Lipinski definition) is 6. The molecule has 0 atom stereocenters. The Balaban J connectivity index is 1.17. The second-order valence-electron chi connectivity index (χ2n) is 8.70. The summed E-state index contributed by atoms with van der Waals surface area (Å²) in [4.78, 5) is 19.9. The normalized spacial score (nSPS) is 11.1. The number of unbranched alkanes of at least 4 members (excludes halogenated alkanes) is 2. The maximum atomic E-state index is 12.4. The molecule has 0 aliphatic carbocycles. The Morgan fingerprint density at radius 1 is 1.11 bits per heavy atom. The van der Waals surface area contributed by atoms with Crippen LogP contribution in [0.2, 0.25) is 0 Å². The van der Waals surface area contributed by atoms with Crippen molar-refractivity contribution in [1.82, 2.24) is 30.3 Å². The number of nitrogens with one attached hydrogen (secondary N) is 2. The van der Waals surface area contributed by atoms with Crippen LogP contribution in [0.3, 0.4) is 0 Å². The van der Waals surface area contributed by atoms with Gasteiger partial charge in [-0.05, 0) is 62.3 Å². The number of furan rings is 1. The van der Waals surface area contributed by atoms with Crippen LogP contribution in [0.15, 0.2) is 53.5 Å². The van der Waals surface area contributed by atoms with E-state index in [1.54, 1.807) is 17.2 Å². The zero-order valence-corrected chi connectivity index (χ0v) is 20.2. The standard InChI is InChI=1S/C26H33N7O2/c1-2-3-6-19-9-11-20(12-10-19)25(34)28-14-15-33-17-22(31-32-33)7-4-5-8-23-24(30-26(27)29-23)21-13-16-35-18-21/h9-13,16-18H,2-8,14-15H2,1H3,(H,28,34)(H3,27,29,30). The number of H-pyrrole nitrogens is 1. The molecular formula is C26H33N7O2. The van der Waals surface area contributed by atoms with Gasteiger partial charge in [-0.3, -0.25) is 9.48 Å². The van der Waals surface area contributed by atoms with Crippen LogP contribution in [0.4, 0.5) is 5.95 Å². The molecule has 1 aromatic carbocycles. The zero-order valence-electron chi connectivity index (χ0n) is 20.2. The van der Waals surface area contributed by atoms with Crippen LogP contribution < -0.4 is 11.1 Å². The van der Waals surface area contributed by atoms with E-state index in [2.05, 4.69) is 32.5 Å². The second kappa shape index (κ2) is 12.0. The second-order valence-corrected chi connectivity index (χ2v) is 8.70. The van der Waals surface area contributed by atoms with Crippen LogP contribution in [-0.4, -0.2) is 37.4 Å². The van der Waals surface area contributed by atoms with Crippen LogP contribution >= 0.6 is 0 Å². The van der Waals surface area contributed by atoms with Crippen molar-refractivity contribution < 1.29 is 9.21 Å². The summed E-state index contributed by atoms with van der Waals surface area (Å²) < 4.78 is 6.94. The summed E-state index contributed by atoms with van der Waals surface area (Å²) >= 11 is 0. The molecule has 35 heavy (non-hydrogen) atoms. The lowest BCUT2D eigenvalue weighted by Gasteiger charge is -2.06. The van der Waals surface area contributed by atoms with E-state index in [0.717, 1.165) is 61.2 Å². The summed E-state index contributed by atoms with van der Waals surface area (Å²) in [5, 5.41) is 11.4. The molecule has 9 heteroatoms. The molecule has 3 heterocycles. The maximum absolute atomic E-state index is 12.4. The summed E-state index contributed by atoms with van der Waals surface area (Å²) in [7, 11) is 0. The molecule has 0 saturated carbocycles. The molecule has 0 saturated heterocycles. The number of amides is 1. The number of imidazole rings is 1. The molecule has 0 spiro atoms. The van der Waals surface area contributed by atoms with E-state index in [1.807, 2.05) is 36.5 Å². The molecule has 9 nitrogen and oxygen atoms in total. The van der Waals surface area contributed by atoms with Crippen molar-refractivity contribution in [2.75, 3.05) is 12.3 Å². The van der Waals surface area contributed by atoms with Crippen molar-refractivity contribution in [2.45, 2.75) is 58.4 Å². The Labute approximate surface area is 205 Å². The minimum Gasteiger partial charge on any atom is -0.472 e. The van der Waals surface area contributed by atoms with Gasteiger partial charge in [-0.1, -0.05) is 30.7 Å². The van der Waals surface area contributed by atoms with Crippen LogP contribution in [0.1, 0.15) is 59.9 Å². The van der Waals surface area contributed by atoms with E-state index >= 15 is 0 Å². The van der Waals surface area contributed by atoms with Gasteiger partial charge in [0, 0.05) is 29.6 Å². The van der Waals surface area contributed by atoms with Crippen molar-refractivity contribution in [3.05, 3.63) is 71.6 Å². The van der Waals surface area contributed by atoms with E-state index in [4.69, 9.17) is 10.2 Å². The molecule has 4 N–H and O–H groups in total. The summed E-state index contributed by atoms with van der Waals surface area (Å²) in [6.45, 7) is 3.25. The third kappa shape index (κ3) is 6.81. The highest BCUT2D eigenvalue weighted by Gasteiger charge is 2.12. The molecule has 0 aliphatic heterocycles. The van der Waals surface area contributed by atoms with Gasteiger partial charge in [-0.15, -0.1) is 5.10 Å². The van der Waals surface area contributed by atoms with E-state index in [1.165, 1.54) is 12.0 Å². The first kappa shape index (κ1) is 24.3. The first-order valence-electron chi connectivity index (χ1n) is 12.3. The minimum absolute atomic E-state index is 0.0680. The Morgan fingerprint density at radius 3 is 2.71 bits per heavy atom. The van der Waals surface area contributed by atoms with Gasteiger partial charge in [-0.25, -0.2) is 4.98 Å². The highest BCUT2D eigenvalue weighted by atomic mass is 16.3. The molecule has 184 valence electrons. The van der Waals surface area contributed by atoms with Gasteiger partial charge in [0.25, 0.3) is 5.91 Å². The lowest BCUT2D eigenvalue weighted by molar-refractivity contribution is 0.0952. The fourth-order valence-electron chi connectivity index (χ4n) is 4.01. The largest absolute Gasteiger partial charge is 0.472 e. The van der Waals surface area contributed by atoms with Crippen molar-refractivity contribution in [1.29, 1.82) is 0 Å². The molecule has 0 aliphatic rings. The Kier molecular flexibility index (Phi) is 8.32. The molecule has 4 rings (SSSR count). The van der Waals surface area contributed by atoms with Gasteiger partial charge < -0.3 is 20.5 Å².